The van der Waals surface area contributed by atoms with E-state index in [0.717, 1.165) is 11.8 Å². The molecular weight excluding hydrogens is 178 g/mol. The van der Waals surface area contributed by atoms with Crippen molar-refractivity contribution in [2.24, 2.45) is 5.73 Å². The van der Waals surface area contributed by atoms with E-state index in [1.165, 1.54) is 6.92 Å². The molecule has 0 aliphatic heterocycles. The fourth-order valence-electron chi connectivity index (χ4n) is 1.13. The van der Waals surface area contributed by atoms with Gasteiger partial charge in [0, 0.05) is 5.56 Å². The van der Waals surface area contributed by atoms with Crippen LogP contribution >= 0.6 is 0 Å². The maximum Gasteiger partial charge on any atom is 0.150 e. The molecule has 3 nitrogen and oxygen atoms in total. The van der Waals surface area contributed by atoms with Crippen LogP contribution in [0.5, 0.6) is 0 Å². The van der Waals surface area contributed by atoms with E-state index in [1.54, 1.807) is 12.1 Å². The quantitative estimate of drug-likeness (QED) is 0.721. The first kappa shape index (κ1) is 10.6. The highest BCUT2D eigenvalue weighted by Gasteiger charge is 2.08. The summed E-state index contributed by atoms with van der Waals surface area (Å²) in [5, 5.41) is 0. The molecule has 14 heavy (non-hydrogen) atoms. The molecule has 0 fully saturated rings. The van der Waals surface area contributed by atoms with Gasteiger partial charge in [-0.05, 0) is 18.9 Å². The van der Waals surface area contributed by atoms with E-state index in [4.69, 9.17) is 5.73 Å². The van der Waals surface area contributed by atoms with Gasteiger partial charge in [-0.3, -0.25) is 9.59 Å². The highest BCUT2D eigenvalue weighted by molar-refractivity contribution is 5.81. The van der Waals surface area contributed by atoms with E-state index in [9.17, 15) is 9.59 Å². The first-order chi connectivity index (χ1) is 6.63. The Morgan fingerprint density at radius 3 is 2.43 bits per heavy atom. The molecule has 0 saturated carbocycles. The largest absolute Gasteiger partial charge is 0.321 e. The number of carbonyl (C=O) groups is 2. The molecule has 1 aromatic carbocycles. The number of benzene rings is 1. The van der Waals surface area contributed by atoms with E-state index < -0.39 is 6.04 Å². The SMILES string of the molecule is CC(=O)[C@@H](N)Cc1ccc(C=O)cc1. The molecule has 0 saturated heterocycles. The van der Waals surface area contributed by atoms with Gasteiger partial charge in [0.1, 0.15) is 12.1 Å². The lowest BCUT2D eigenvalue weighted by atomic mass is 10.0. The van der Waals surface area contributed by atoms with E-state index in [0.29, 0.717) is 12.0 Å². The highest BCUT2D eigenvalue weighted by Crippen LogP contribution is 2.05. The van der Waals surface area contributed by atoms with Crippen molar-refractivity contribution in [2.75, 3.05) is 0 Å². The van der Waals surface area contributed by atoms with Gasteiger partial charge in [-0.15, -0.1) is 0 Å². The van der Waals surface area contributed by atoms with Crippen molar-refractivity contribution in [2.45, 2.75) is 19.4 Å². The van der Waals surface area contributed by atoms with Gasteiger partial charge in [0.2, 0.25) is 0 Å². The number of carbonyl (C=O) groups excluding carboxylic acids is 2. The van der Waals surface area contributed by atoms with Gasteiger partial charge < -0.3 is 5.73 Å². The highest BCUT2D eigenvalue weighted by atomic mass is 16.1. The molecule has 0 bridgehead atoms. The van der Waals surface area contributed by atoms with Crippen molar-refractivity contribution in [1.82, 2.24) is 0 Å². The Kier molecular flexibility index (Phi) is 3.54. The third kappa shape index (κ3) is 2.78. The zero-order valence-corrected chi connectivity index (χ0v) is 8.07. The second-order valence-corrected chi connectivity index (χ2v) is 3.28. The summed E-state index contributed by atoms with van der Waals surface area (Å²) in [6, 6.07) is 6.61. The van der Waals surface area contributed by atoms with Crippen LogP contribution in [0.1, 0.15) is 22.8 Å². The molecular formula is C11H13NO2. The molecule has 0 spiro atoms. The number of hydrogen-bond acceptors (Lipinski definition) is 3. The molecule has 1 aromatic rings. The van der Waals surface area contributed by atoms with Crippen LogP contribution in [-0.4, -0.2) is 18.1 Å². The molecule has 0 aromatic heterocycles. The van der Waals surface area contributed by atoms with Crippen molar-refractivity contribution < 1.29 is 9.59 Å². The number of nitrogens with two attached hydrogens (primary N) is 1. The van der Waals surface area contributed by atoms with Crippen LogP contribution in [0.3, 0.4) is 0 Å². The summed E-state index contributed by atoms with van der Waals surface area (Å²) >= 11 is 0. The Labute approximate surface area is 82.9 Å². The first-order valence-corrected chi connectivity index (χ1v) is 4.43. The van der Waals surface area contributed by atoms with E-state index in [-0.39, 0.29) is 5.78 Å². The monoisotopic (exact) mass is 191 g/mol. The summed E-state index contributed by atoms with van der Waals surface area (Å²) in [6.07, 6.45) is 1.31. The van der Waals surface area contributed by atoms with Crippen LogP contribution in [0.2, 0.25) is 0 Å². The van der Waals surface area contributed by atoms with Gasteiger partial charge in [0.25, 0.3) is 0 Å². The minimum Gasteiger partial charge on any atom is -0.321 e. The summed E-state index contributed by atoms with van der Waals surface area (Å²) in [7, 11) is 0. The molecule has 74 valence electrons. The summed E-state index contributed by atoms with van der Waals surface area (Å²) in [4.78, 5) is 21.3. The Morgan fingerprint density at radius 1 is 1.43 bits per heavy atom. The Balaban J connectivity index is 2.68. The zero-order valence-electron chi connectivity index (χ0n) is 8.07. The summed E-state index contributed by atoms with van der Waals surface area (Å²) in [5.41, 5.74) is 7.20. The predicted octanol–water partition coefficient (Wildman–Crippen LogP) is 0.958. The summed E-state index contributed by atoms with van der Waals surface area (Å²) in [6.45, 7) is 1.48. The van der Waals surface area contributed by atoms with Crippen LogP contribution < -0.4 is 5.73 Å². The second-order valence-electron chi connectivity index (χ2n) is 3.28. The van der Waals surface area contributed by atoms with Gasteiger partial charge in [-0.1, -0.05) is 24.3 Å². The van der Waals surface area contributed by atoms with Crippen molar-refractivity contribution in [3.05, 3.63) is 35.4 Å². The average Bonchev–Trinajstić information content (AvgIpc) is 2.19. The maximum atomic E-state index is 10.9. The molecule has 0 aliphatic rings. The molecule has 0 amide bonds. The fourth-order valence-corrected chi connectivity index (χ4v) is 1.13. The van der Waals surface area contributed by atoms with Crippen LogP contribution in [0, 0.1) is 0 Å². The van der Waals surface area contributed by atoms with Crippen molar-refractivity contribution in [3.8, 4) is 0 Å². The Bertz CT molecular complexity index is 330. The Morgan fingerprint density at radius 2 is 2.00 bits per heavy atom. The van der Waals surface area contributed by atoms with Crippen molar-refractivity contribution >= 4 is 12.1 Å². The zero-order chi connectivity index (χ0) is 10.6. The van der Waals surface area contributed by atoms with Crippen LogP contribution in [0.4, 0.5) is 0 Å². The van der Waals surface area contributed by atoms with E-state index in [2.05, 4.69) is 0 Å². The van der Waals surface area contributed by atoms with Gasteiger partial charge in [0.15, 0.2) is 0 Å². The summed E-state index contributed by atoms with van der Waals surface area (Å²) in [5.74, 6) is -0.0236. The topological polar surface area (TPSA) is 60.2 Å². The van der Waals surface area contributed by atoms with Gasteiger partial charge >= 0.3 is 0 Å². The minimum absolute atomic E-state index is 0.0236. The number of aldehydes is 1. The lowest BCUT2D eigenvalue weighted by Crippen LogP contribution is -2.30. The molecule has 1 atom stereocenters. The molecule has 0 radical (unpaired) electrons. The standard InChI is InChI=1S/C11H13NO2/c1-8(14)11(12)6-9-2-4-10(7-13)5-3-9/h2-5,7,11H,6,12H2,1H3/t11-/m0/s1. The third-order valence-corrected chi connectivity index (χ3v) is 2.09. The van der Waals surface area contributed by atoms with Gasteiger partial charge in [0.05, 0.1) is 6.04 Å². The molecule has 0 aliphatic carbocycles. The number of Topliss-reactive ketones (excluding diaryl/α,β-unsaturated/α-hetero) is 1. The molecule has 2 N–H and O–H groups in total. The third-order valence-electron chi connectivity index (χ3n) is 2.09. The van der Waals surface area contributed by atoms with Gasteiger partial charge in [-0.25, -0.2) is 0 Å². The lowest BCUT2D eigenvalue weighted by molar-refractivity contribution is -0.118. The fraction of sp³-hybridized carbons (Fsp3) is 0.273. The number of hydrogen-bond donors (Lipinski definition) is 1. The molecule has 3 heteroatoms. The number of rotatable bonds is 4. The first-order valence-electron chi connectivity index (χ1n) is 4.43. The van der Waals surface area contributed by atoms with E-state index in [1.807, 2.05) is 12.1 Å². The van der Waals surface area contributed by atoms with Crippen LogP contribution in [0.15, 0.2) is 24.3 Å². The maximum absolute atomic E-state index is 10.9. The predicted molar refractivity (Wildman–Crippen MR) is 54.2 cm³/mol. The molecule has 0 unspecified atom stereocenters. The molecule has 0 heterocycles. The normalized spacial score (nSPS) is 12.1. The average molecular weight is 191 g/mol. The van der Waals surface area contributed by atoms with Crippen LogP contribution in [-0.2, 0) is 11.2 Å². The van der Waals surface area contributed by atoms with E-state index >= 15 is 0 Å². The summed E-state index contributed by atoms with van der Waals surface area (Å²) < 4.78 is 0. The minimum atomic E-state index is -0.447. The second kappa shape index (κ2) is 4.67. The van der Waals surface area contributed by atoms with Crippen LogP contribution in [0.25, 0.3) is 0 Å². The lowest BCUT2D eigenvalue weighted by Gasteiger charge is -2.07. The smallest absolute Gasteiger partial charge is 0.150 e. The van der Waals surface area contributed by atoms with Crippen molar-refractivity contribution in [3.63, 3.8) is 0 Å². The van der Waals surface area contributed by atoms with Gasteiger partial charge in [-0.2, -0.15) is 0 Å². The van der Waals surface area contributed by atoms with Crippen molar-refractivity contribution in [1.29, 1.82) is 0 Å². The Hall–Kier alpha value is -1.48. The molecule has 1 rings (SSSR count). The number of ketones is 1.